The van der Waals surface area contributed by atoms with Crippen molar-refractivity contribution >= 4 is 39.5 Å². The van der Waals surface area contributed by atoms with Crippen molar-refractivity contribution in [3.63, 3.8) is 0 Å². The molecule has 0 aliphatic rings. The number of carbonyl (C=O) groups excluding carboxylic acids is 2. The van der Waals surface area contributed by atoms with Gasteiger partial charge in [0.15, 0.2) is 0 Å². The Labute approximate surface area is 226 Å². The van der Waals surface area contributed by atoms with Crippen LogP contribution in [-0.4, -0.2) is 41.7 Å². The number of rotatable bonds is 12. The number of benzene rings is 3. The molecule has 1 atom stereocenters. The summed E-state index contributed by atoms with van der Waals surface area (Å²) in [6.45, 7) is 4.23. The van der Waals surface area contributed by atoms with Gasteiger partial charge in [0.1, 0.15) is 11.8 Å². The molecule has 7 heteroatoms. The summed E-state index contributed by atoms with van der Waals surface area (Å²) in [5, 5.41) is 3.03. The lowest BCUT2D eigenvalue weighted by Crippen LogP contribution is -2.52. The van der Waals surface area contributed by atoms with Crippen LogP contribution in [-0.2, 0) is 28.3 Å². The fraction of sp³-hybridized carbons (Fsp3) is 0.310. The molecule has 0 bridgehead atoms. The molecule has 2 amide bonds. The van der Waals surface area contributed by atoms with E-state index < -0.39 is 6.04 Å². The third kappa shape index (κ3) is 8.71. The number of carbonyl (C=O) groups is 2. The summed E-state index contributed by atoms with van der Waals surface area (Å²) in [6.07, 6.45) is 0.449. The average molecular weight is 570 g/mol. The maximum atomic E-state index is 13.6. The number of nitrogens with zero attached hydrogens (tertiary/aromatic N) is 1. The number of methoxy groups -OCH3 is 1. The first-order valence-electron chi connectivity index (χ1n) is 11.9. The van der Waals surface area contributed by atoms with Crippen molar-refractivity contribution in [3.05, 3.63) is 100 Å². The SMILES string of the molecule is COc1ccc(CSCC(=O)N(Cc2ccc(Br)cc2)[C@H](Cc2ccccc2)C(=O)NC(C)C)cc1. The van der Waals surface area contributed by atoms with Crippen molar-refractivity contribution < 1.29 is 14.3 Å². The highest BCUT2D eigenvalue weighted by molar-refractivity contribution is 9.10. The molecule has 0 spiro atoms. The van der Waals surface area contributed by atoms with Gasteiger partial charge in [-0.3, -0.25) is 9.59 Å². The molecule has 5 nitrogen and oxygen atoms in total. The lowest BCUT2D eigenvalue weighted by molar-refractivity contribution is -0.139. The predicted molar refractivity (Wildman–Crippen MR) is 151 cm³/mol. The number of thioether (sulfide) groups is 1. The third-order valence-corrected chi connectivity index (χ3v) is 7.14. The van der Waals surface area contributed by atoms with Crippen LogP contribution in [0.15, 0.2) is 83.3 Å². The molecular formula is C29H33BrN2O3S. The van der Waals surface area contributed by atoms with E-state index in [2.05, 4.69) is 21.2 Å². The molecule has 0 saturated heterocycles. The van der Waals surface area contributed by atoms with Gasteiger partial charge in [0.05, 0.1) is 12.9 Å². The molecule has 0 heterocycles. The monoisotopic (exact) mass is 568 g/mol. The lowest BCUT2D eigenvalue weighted by Gasteiger charge is -2.32. The fourth-order valence-electron chi connectivity index (χ4n) is 3.78. The molecule has 0 aromatic heterocycles. The van der Waals surface area contributed by atoms with E-state index in [1.165, 1.54) is 0 Å². The first-order valence-corrected chi connectivity index (χ1v) is 13.9. The van der Waals surface area contributed by atoms with E-state index in [0.717, 1.165) is 26.9 Å². The van der Waals surface area contributed by atoms with Crippen LogP contribution < -0.4 is 10.1 Å². The van der Waals surface area contributed by atoms with Crippen molar-refractivity contribution in [1.82, 2.24) is 10.2 Å². The van der Waals surface area contributed by atoms with Crippen molar-refractivity contribution in [3.8, 4) is 5.75 Å². The van der Waals surface area contributed by atoms with Gasteiger partial charge < -0.3 is 15.0 Å². The van der Waals surface area contributed by atoms with Crippen molar-refractivity contribution in [2.45, 2.75) is 44.6 Å². The van der Waals surface area contributed by atoms with Gasteiger partial charge in [-0.05, 0) is 54.8 Å². The minimum atomic E-state index is -0.618. The van der Waals surface area contributed by atoms with Crippen LogP contribution >= 0.6 is 27.7 Å². The van der Waals surface area contributed by atoms with Crippen LogP contribution in [0.25, 0.3) is 0 Å². The summed E-state index contributed by atoms with van der Waals surface area (Å²) in [4.78, 5) is 28.7. The molecule has 3 aromatic rings. The number of ether oxygens (including phenoxy) is 1. The van der Waals surface area contributed by atoms with Gasteiger partial charge in [-0.1, -0.05) is 70.5 Å². The highest BCUT2D eigenvalue weighted by Gasteiger charge is 2.30. The Morgan fingerprint density at radius 2 is 1.56 bits per heavy atom. The highest BCUT2D eigenvalue weighted by Crippen LogP contribution is 2.21. The van der Waals surface area contributed by atoms with Gasteiger partial charge in [-0.2, -0.15) is 0 Å². The summed E-state index contributed by atoms with van der Waals surface area (Å²) in [5.74, 6) is 1.59. The third-order valence-electron chi connectivity index (χ3n) is 5.62. The fourth-order valence-corrected chi connectivity index (χ4v) is 4.92. The molecule has 0 radical (unpaired) electrons. The summed E-state index contributed by atoms with van der Waals surface area (Å²) in [6, 6.07) is 24.9. The first-order chi connectivity index (χ1) is 17.4. The van der Waals surface area contributed by atoms with Gasteiger partial charge in [-0.25, -0.2) is 0 Å². The number of hydrogen-bond donors (Lipinski definition) is 1. The van der Waals surface area contributed by atoms with E-state index in [-0.39, 0.29) is 23.6 Å². The molecular weight excluding hydrogens is 536 g/mol. The van der Waals surface area contributed by atoms with E-state index in [1.54, 1.807) is 23.8 Å². The summed E-state index contributed by atoms with van der Waals surface area (Å²) in [7, 11) is 1.64. The Morgan fingerprint density at radius 1 is 0.917 bits per heavy atom. The van der Waals surface area contributed by atoms with Crippen LogP contribution in [0.2, 0.25) is 0 Å². The second-order valence-corrected chi connectivity index (χ2v) is 10.8. The highest BCUT2D eigenvalue weighted by atomic mass is 79.9. The first kappa shape index (κ1) is 27.8. The molecule has 0 unspecified atom stereocenters. The second-order valence-electron chi connectivity index (χ2n) is 8.86. The molecule has 0 aliphatic heterocycles. The Balaban J connectivity index is 1.81. The normalized spacial score (nSPS) is 11.7. The maximum Gasteiger partial charge on any atom is 0.243 e. The van der Waals surface area contributed by atoms with Crippen LogP contribution in [0.3, 0.4) is 0 Å². The molecule has 190 valence electrons. The number of amides is 2. The van der Waals surface area contributed by atoms with Crippen molar-refractivity contribution in [2.75, 3.05) is 12.9 Å². The Morgan fingerprint density at radius 3 is 2.17 bits per heavy atom. The quantitative estimate of drug-likeness (QED) is 0.297. The van der Waals surface area contributed by atoms with Crippen molar-refractivity contribution in [2.24, 2.45) is 0 Å². The summed E-state index contributed by atoms with van der Waals surface area (Å²) in [5.41, 5.74) is 3.11. The number of hydrogen-bond acceptors (Lipinski definition) is 4. The van der Waals surface area contributed by atoms with Crippen molar-refractivity contribution in [1.29, 1.82) is 0 Å². The predicted octanol–water partition coefficient (Wildman–Crippen LogP) is 5.86. The molecule has 36 heavy (non-hydrogen) atoms. The molecule has 0 aliphatic carbocycles. The summed E-state index contributed by atoms with van der Waals surface area (Å²) < 4.78 is 6.19. The average Bonchev–Trinajstić information content (AvgIpc) is 2.87. The molecule has 0 fully saturated rings. The molecule has 3 rings (SSSR count). The van der Waals surface area contributed by atoms with Gasteiger partial charge in [-0.15, -0.1) is 11.8 Å². The van der Waals surface area contributed by atoms with Gasteiger partial charge in [0.25, 0.3) is 0 Å². The zero-order valence-electron chi connectivity index (χ0n) is 20.9. The van der Waals surface area contributed by atoms with E-state index in [4.69, 9.17) is 4.74 Å². The zero-order chi connectivity index (χ0) is 25.9. The zero-order valence-corrected chi connectivity index (χ0v) is 23.3. The largest absolute Gasteiger partial charge is 0.497 e. The standard InChI is InChI=1S/C29H33BrN2O3S/c1-21(2)31-29(34)27(17-22-7-5-4-6-8-22)32(18-23-9-13-25(30)14-10-23)28(33)20-36-19-24-11-15-26(35-3)16-12-24/h4-16,21,27H,17-20H2,1-3H3,(H,31,34)/t27-/m1/s1. The number of nitrogens with one attached hydrogen (secondary N) is 1. The van der Waals surface area contributed by atoms with E-state index >= 15 is 0 Å². The number of halogens is 1. The van der Waals surface area contributed by atoms with Crippen LogP contribution in [0, 0.1) is 0 Å². The molecule has 0 saturated carbocycles. The Bertz CT molecular complexity index is 1110. The van der Waals surface area contributed by atoms with Gasteiger partial charge >= 0.3 is 0 Å². The van der Waals surface area contributed by atoms with E-state index in [0.29, 0.717) is 18.7 Å². The lowest BCUT2D eigenvalue weighted by atomic mass is 10.0. The van der Waals surface area contributed by atoms with E-state index in [9.17, 15) is 9.59 Å². The second kappa shape index (κ2) is 14.1. The smallest absolute Gasteiger partial charge is 0.243 e. The minimum Gasteiger partial charge on any atom is -0.497 e. The van der Waals surface area contributed by atoms with Crippen LogP contribution in [0.1, 0.15) is 30.5 Å². The van der Waals surface area contributed by atoms with Gasteiger partial charge in [0, 0.05) is 29.2 Å². The molecule has 1 N–H and O–H groups in total. The van der Waals surface area contributed by atoms with Gasteiger partial charge in [0.2, 0.25) is 11.8 Å². The topological polar surface area (TPSA) is 58.6 Å². The summed E-state index contributed by atoms with van der Waals surface area (Å²) >= 11 is 5.02. The van der Waals surface area contributed by atoms with Crippen LogP contribution in [0.4, 0.5) is 0 Å². The Kier molecular flexibility index (Phi) is 10.9. The Hall–Kier alpha value is -2.77. The van der Waals surface area contributed by atoms with E-state index in [1.807, 2.05) is 92.7 Å². The maximum absolute atomic E-state index is 13.6. The molecule has 3 aromatic carbocycles. The van der Waals surface area contributed by atoms with Crippen LogP contribution in [0.5, 0.6) is 5.75 Å². The minimum absolute atomic E-state index is 0.0233.